The van der Waals surface area contributed by atoms with Crippen LogP contribution in [0.5, 0.6) is 6.01 Å². The molecule has 21 heavy (non-hydrogen) atoms. The summed E-state index contributed by atoms with van der Waals surface area (Å²) < 4.78 is 29.1. The van der Waals surface area contributed by atoms with Gasteiger partial charge in [-0.1, -0.05) is 0 Å². The lowest BCUT2D eigenvalue weighted by atomic mass is 9.97. The zero-order chi connectivity index (χ0) is 15.5. The fourth-order valence-corrected chi connectivity index (χ4v) is 3.05. The molecule has 1 saturated heterocycles. The molecule has 0 radical (unpaired) electrons. The maximum atomic E-state index is 12.1. The Bertz CT molecular complexity index is 594. The van der Waals surface area contributed by atoms with Crippen molar-refractivity contribution in [2.75, 3.05) is 31.8 Å². The normalized spacial score (nSPS) is 17.4. The number of piperidine rings is 1. The van der Waals surface area contributed by atoms with Crippen molar-refractivity contribution in [3.63, 3.8) is 0 Å². The number of methoxy groups -OCH3 is 1. The molecule has 2 heterocycles. The zero-order valence-electron chi connectivity index (χ0n) is 11.9. The largest absolute Gasteiger partial charge is 0.467 e. The highest BCUT2D eigenvalue weighted by atomic mass is 32.2. The molecule has 116 valence electrons. The van der Waals surface area contributed by atoms with Crippen LogP contribution in [0.15, 0.2) is 12.4 Å². The molecule has 1 aliphatic rings. The summed E-state index contributed by atoms with van der Waals surface area (Å²) in [6.07, 6.45) is 5.14. The number of anilines is 1. The Labute approximate surface area is 123 Å². The SMILES string of the molecule is COc1ncc(NC(=O)C2CCN(S(C)(=O)=O)CC2)cn1. The number of hydrogen-bond acceptors (Lipinski definition) is 6. The maximum Gasteiger partial charge on any atom is 0.316 e. The molecule has 1 fully saturated rings. The van der Waals surface area contributed by atoms with Crippen LogP contribution in [0.3, 0.4) is 0 Å². The van der Waals surface area contributed by atoms with Crippen molar-refractivity contribution in [3.8, 4) is 6.01 Å². The van der Waals surface area contributed by atoms with E-state index in [4.69, 9.17) is 4.74 Å². The molecule has 1 aromatic rings. The van der Waals surface area contributed by atoms with Crippen molar-refractivity contribution < 1.29 is 17.9 Å². The number of rotatable bonds is 4. The third-order valence-corrected chi connectivity index (χ3v) is 4.68. The molecule has 0 unspecified atom stereocenters. The monoisotopic (exact) mass is 314 g/mol. The summed E-state index contributed by atoms with van der Waals surface area (Å²) >= 11 is 0. The molecule has 0 aromatic carbocycles. The number of nitrogens with one attached hydrogen (secondary N) is 1. The van der Waals surface area contributed by atoms with E-state index < -0.39 is 10.0 Å². The van der Waals surface area contributed by atoms with Crippen molar-refractivity contribution in [1.29, 1.82) is 0 Å². The Kier molecular flexibility index (Phi) is 4.73. The minimum absolute atomic E-state index is 0.142. The van der Waals surface area contributed by atoms with Crippen molar-refractivity contribution in [2.24, 2.45) is 5.92 Å². The molecule has 1 aromatic heterocycles. The van der Waals surface area contributed by atoms with Crippen LogP contribution in [0.4, 0.5) is 5.69 Å². The number of aromatic nitrogens is 2. The molecule has 1 amide bonds. The summed E-state index contributed by atoms with van der Waals surface area (Å²) in [6, 6.07) is 0.231. The van der Waals surface area contributed by atoms with Gasteiger partial charge < -0.3 is 10.1 Å². The molecule has 0 atom stereocenters. The van der Waals surface area contributed by atoms with Crippen LogP contribution >= 0.6 is 0 Å². The Balaban J connectivity index is 1.90. The van der Waals surface area contributed by atoms with Gasteiger partial charge in [-0.2, -0.15) is 0 Å². The van der Waals surface area contributed by atoms with E-state index in [1.807, 2.05) is 0 Å². The standard InChI is InChI=1S/C12H18N4O4S/c1-20-12-13-7-10(8-14-12)15-11(17)9-3-5-16(6-4-9)21(2,18)19/h7-9H,3-6H2,1-2H3,(H,15,17). The molecule has 0 spiro atoms. The Hall–Kier alpha value is -1.74. The topological polar surface area (TPSA) is 101 Å². The number of sulfonamides is 1. The molecule has 0 saturated carbocycles. The number of ether oxygens (including phenoxy) is 1. The van der Waals surface area contributed by atoms with Crippen LogP contribution in [0, 0.1) is 5.92 Å². The molecule has 0 aliphatic carbocycles. The highest BCUT2D eigenvalue weighted by molar-refractivity contribution is 7.88. The van der Waals surface area contributed by atoms with E-state index in [9.17, 15) is 13.2 Å². The van der Waals surface area contributed by atoms with Gasteiger partial charge in [0.1, 0.15) is 0 Å². The van der Waals surface area contributed by atoms with Crippen molar-refractivity contribution in [1.82, 2.24) is 14.3 Å². The van der Waals surface area contributed by atoms with Gasteiger partial charge in [0, 0.05) is 19.0 Å². The van der Waals surface area contributed by atoms with Gasteiger partial charge in [0.2, 0.25) is 15.9 Å². The summed E-state index contributed by atoms with van der Waals surface area (Å²) in [6.45, 7) is 0.742. The summed E-state index contributed by atoms with van der Waals surface area (Å²) in [5.74, 6) is -0.345. The van der Waals surface area contributed by atoms with Crippen LogP contribution in [-0.2, 0) is 14.8 Å². The summed E-state index contributed by atoms with van der Waals surface area (Å²) in [7, 11) is -1.71. The van der Waals surface area contributed by atoms with Crippen LogP contribution < -0.4 is 10.1 Å². The lowest BCUT2D eigenvalue weighted by molar-refractivity contribution is -0.120. The van der Waals surface area contributed by atoms with Crippen molar-refractivity contribution in [3.05, 3.63) is 12.4 Å². The van der Waals surface area contributed by atoms with Gasteiger partial charge in [0.15, 0.2) is 0 Å². The first-order chi connectivity index (χ1) is 9.90. The first-order valence-electron chi connectivity index (χ1n) is 6.52. The van der Waals surface area contributed by atoms with Gasteiger partial charge in [0.05, 0.1) is 31.4 Å². The molecule has 1 aliphatic heterocycles. The van der Waals surface area contributed by atoms with E-state index in [0.717, 1.165) is 0 Å². The van der Waals surface area contributed by atoms with Crippen LogP contribution in [0.2, 0.25) is 0 Å². The zero-order valence-corrected chi connectivity index (χ0v) is 12.8. The predicted octanol–water partition coefficient (Wildman–Crippen LogP) is 0.0953. The number of carbonyl (C=O) groups excluding carboxylic acids is 1. The van der Waals surface area contributed by atoms with Crippen molar-refractivity contribution >= 4 is 21.6 Å². The van der Waals surface area contributed by atoms with E-state index in [1.165, 1.54) is 30.1 Å². The van der Waals surface area contributed by atoms with E-state index in [2.05, 4.69) is 15.3 Å². The molecule has 8 nitrogen and oxygen atoms in total. The molecule has 1 N–H and O–H groups in total. The lowest BCUT2D eigenvalue weighted by Crippen LogP contribution is -2.40. The highest BCUT2D eigenvalue weighted by Gasteiger charge is 2.28. The Morgan fingerprint density at radius 3 is 2.38 bits per heavy atom. The molecular formula is C12H18N4O4S. The number of nitrogens with zero attached hydrogens (tertiary/aromatic N) is 3. The summed E-state index contributed by atoms with van der Waals surface area (Å²) in [5.41, 5.74) is 0.492. The second kappa shape index (κ2) is 6.35. The van der Waals surface area contributed by atoms with E-state index in [-0.39, 0.29) is 17.8 Å². The van der Waals surface area contributed by atoms with Gasteiger partial charge in [-0.3, -0.25) is 4.79 Å². The Morgan fingerprint density at radius 1 is 1.33 bits per heavy atom. The number of amides is 1. The van der Waals surface area contributed by atoms with Crippen LogP contribution in [0.25, 0.3) is 0 Å². The van der Waals surface area contributed by atoms with E-state index in [0.29, 0.717) is 31.6 Å². The minimum Gasteiger partial charge on any atom is -0.467 e. The quantitative estimate of drug-likeness (QED) is 0.845. The van der Waals surface area contributed by atoms with Gasteiger partial charge in [-0.05, 0) is 12.8 Å². The molecule has 0 bridgehead atoms. The summed E-state index contributed by atoms with van der Waals surface area (Å²) in [4.78, 5) is 19.9. The molecule has 2 rings (SSSR count). The smallest absolute Gasteiger partial charge is 0.316 e. The average molecular weight is 314 g/mol. The number of hydrogen-bond donors (Lipinski definition) is 1. The summed E-state index contributed by atoms with van der Waals surface area (Å²) in [5, 5.41) is 2.73. The lowest BCUT2D eigenvalue weighted by Gasteiger charge is -2.29. The Morgan fingerprint density at radius 2 is 1.90 bits per heavy atom. The van der Waals surface area contributed by atoms with Gasteiger partial charge in [0.25, 0.3) is 0 Å². The van der Waals surface area contributed by atoms with E-state index in [1.54, 1.807) is 0 Å². The third kappa shape index (κ3) is 4.11. The first kappa shape index (κ1) is 15.6. The highest BCUT2D eigenvalue weighted by Crippen LogP contribution is 2.20. The second-order valence-corrected chi connectivity index (χ2v) is 6.87. The van der Waals surface area contributed by atoms with Crippen LogP contribution in [-0.4, -0.2) is 55.1 Å². The van der Waals surface area contributed by atoms with Gasteiger partial charge in [-0.25, -0.2) is 22.7 Å². The predicted molar refractivity (Wildman–Crippen MR) is 76.4 cm³/mol. The van der Waals surface area contributed by atoms with Gasteiger partial charge >= 0.3 is 6.01 Å². The molecular weight excluding hydrogens is 296 g/mol. The first-order valence-corrected chi connectivity index (χ1v) is 8.37. The molecule has 9 heteroatoms. The minimum atomic E-state index is -3.17. The van der Waals surface area contributed by atoms with Crippen LogP contribution in [0.1, 0.15) is 12.8 Å². The number of carbonyl (C=O) groups is 1. The average Bonchev–Trinajstić information content (AvgIpc) is 2.47. The second-order valence-electron chi connectivity index (χ2n) is 4.88. The van der Waals surface area contributed by atoms with Crippen molar-refractivity contribution in [2.45, 2.75) is 12.8 Å². The van der Waals surface area contributed by atoms with Gasteiger partial charge in [-0.15, -0.1) is 0 Å². The third-order valence-electron chi connectivity index (χ3n) is 3.37. The fraction of sp³-hybridized carbons (Fsp3) is 0.583. The fourth-order valence-electron chi connectivity index (χ4n) is 2.18. The maximum absolute atomic E-state index is 12.1. The van der Waals surface area contributed by atoms with E-state index >= 15 is 0 Å².